The van der Waals surface area contributed by atoms with Crippen LogP contribution < -0.4 is 5.32 Å². The molecule has 2 heterocycles. The summed E-state index contributed by atoms with van der Waals surface area (Å²) >= 11 is 7.38. The van der Waals surface area contributed by atoms with Crippen molar-refractivity contribution in [3.05, 3.63) is 27.2 Å². The third-order valence-electron chi connectivity index (χ3n) is 1.76. The third-order valence-corrected chi connectivity index (χ3v) is 2.99. The van der Waals surface area contributed by atoms with E-state index >= 15 is 0 Å². The second-order valence-electron chi connectivity index (χ2n) is 3.00. The molecule has 2 aromatic rings. The van der Waals surface area contributed by atoms with Crippen molar-refractivity contribution < 1.29 is 0 Å². The number of nitrogens with one attached hydrogen (secondary N) is 1. The Hall–Kier alpha value is -0.980. The van der Waals surface area contributed by atoms with Crippen LogP contribution in [0.2, 0.25) is 4.34 Å². The van der Waals surface area contributed by atoms with Crippen molar-refractivity contribution in [3.8, 4) is 0 Å². The van der Waals surface area contributed by atoms with Crippen LogP contribution in [0.5, 0.6) is 0 Å². The van der Waals surface area contributed by atoms with Gasteiger partial charge in [0.25, 0.3) is 0 Å². The maximum Gasteiger partial charge on any atom is 0.188 e. The number of aryl methyl sites for hydroxylation is 1. The monoisotopic (exact) mass is 243 g/mol. The molecule has 0 saturated carbocycles. The molecule has 2 aromatic heterocycles. The molecule has 2 rings (SSSR count). The Labute approximate surface area is 96.1 Å². The van der Waals surface area contributed by atoms with Crippen LogP contribution >= 0.6 is 22.9 Å². The molecule has 0 aliphatic heterocycles. The summed E-state index contributed by atoms with van der Waals surface area (Å²) in [6.45, 7) is 1.39. The zero-order chi connectivity index (χ0) is 10.7. The van der Waals surface area contributed by atoms with E-state index in [1.54, 1.807) is 18.4 Å². The summed E-state index contributed by atoms with van der Waals surface area (Å²) < 4.78 is 0.810. The standard InChI is InChI=1S/C8H10ClN5S/c1-14-12-8(11-13-14)5-10-4-6-2-3-7(9)15-6/h2-3,10H,4-5H2,1H3. The molecule has 15 heavy (non-hydrogen) atoms. The number of aromatic nitrogens is 4. The largest absolute Gasteiger partial charge is 0.305 e. The maximum atomic E-state index is 5.81. The van der Waals surface area contributed by atoms with E-state index < -0.39 is 0 Å². The summed E-state index contributed by atoms with van der Waals surface area (Å²) in [4.78, 5) is 2.64. The molecule has 0 radical (unpaired) electrons. The average Bonchev–Trinajstić information content (AvgIpc) is 2.76. The number of rotatable bonds is 4. The van der Waals surface area contributed by atoms with E-state index in [0.29, 0.717) is 12.4 Å². The van der Waals surface area contributed by atoms with Gasteiger partial charge in [-0.2, -0.15) is 4.80 Å². The van der Waals surface area contributed by atoms with Gasteiger partial charge in [-0.05, 0) is 17.3 Å². The van der Waals surface area contributed by atoms with E-state index in [1.807, 2.05) is 12.1 Å². The summed E-state index contributed by atoms with van der Waals surface area (Å²) in [5.41, 5.74) is 0. The van der Waals surface area contributed by atoms with Crippen LogP contribution in [0.15, 0.2) is 12.1 Å². The molecule has 80 valence electrons. The topological polar surface area (TPSA) is 55.6 Å². The van der Waals surface area contributed by atoms with E-state index in [1.165, 1.54) is 9.67 Å². The van der Waals surface area contributed by atoms with Crippen molar-refractivity contribution in [2.45, 2.75) is 13.1 Å². The molecule has 5 nitrogen and oxygen atoms in total. The van der Waals surface area contributed by atoms with E-state index in [2.05, 4.69) is 20.7 Å². The van der Waals surface area contributed by atoms with E-state index in [-0.39, 0.29) is 0 Å². The highest BCUT2D eigenvalue weighted by molar-refractivity contribution is 7.16. The smallest absolute Gasteiger partial charge is 0.188 e. The molecule has 1 N–H and O–H groups in total. The highest BCUT2D eigenvalue weighted by Gasteiger charge is 2.01. The zero-order valence-corrected chi connectivity index (χ0v) is 9.72. The van der Waals surface area contributed by atoms with Gasteiger partial charge in [0.1, 0.15) is 0 Å². The van der Waals surface area contributed by atoms with Gasteiger partial charge in [-0.3, -0.25) is 0 Å². The molecule has 0 aliphatic carbocycles. The first-order chi connectivity index (χ1) is 7.24. The van der Waals surface area contributed by atoms with Gasteiger partial charge >= 0.3 is 0 Å². The second kappa shape index (κ2) is 4.69. The lowest BCUT2D eigenvalue weighted by Crippen LogP contribution is -2.13. The number of thiophene rings is 1. The van der Waals surface area contributed by atoms with Crippen LogP contribution in [0.3, 0.4) is 0 Å². The minimum absolute atomic E-state index is 0.614. The van der Waals surface area contributed by atoms with Crippen molar-refractivity contribution >= 4 is 22.9 Å². The van der Waals surface area contributed by atoms with Crippen LogP contribution in [-0.4, -0.2) is 20.2 Å². The second-order valence-corrected chi connectivity index (χ2v) is 4.80. The average molecular weight is 244 g/mol. The SMILES string of the molecule is Cn1nnc(CNCc2ccc(Cl)s2)n1. The summed E-state index contributed by atoms with van der Waals surface area (Å²) in [5.74, 6) is 0.695. The zero-order valence-electron chi connectivity index (χ0n) is 8.14. The van der Waals surface area contributed by atoms with Gasteiger partial charge in [0, 0.05) is 11.4 Å². The molecule has 0 aliphatic rings. The minimum Gasteiger partial charge on any atom is -0.305 e. The van der Waals surface area contributed by atoms with Crippen molar-refractivity contribution in [3.63, 3.8) is 0 Å². The van der Waals surface area contributed by atoms with E-state index in [0.717, 1.165) is 10.9 Å². The Balaban J connectivity index is 1.80. The molecule has 0 saturated heterocycles. The van der Waals surface area contributed by atoms with Crippen molar-refractivity contribution in [2.24, 2.45) is 7.05 Å². The third kappa shape index (κ3) is 2.98. The molecular weight excluding hydrogens is 234 g/mol. The molecule has 0 atom stereocenters. The highest BCUT2D eigenvalue weighted by Crippen LogP contribution is 2.20. The van der Waals surface area contributed by atoms with Crippen LogP contribution in [0.1, 0.15) is 10.7 Å². The quantitative estimate of drug-likeness (QED) is 0.877. The predicted octanol–water partition coefficient (Wildman–Crippen LogP) is 1.21. The summed E-state index contributed by atoms with van der Waals surface area (Å²) in [6.07, 6.45) is 0. The van der Waals surface area contributed by atoms with Crippen LogP contribution in [0.25, 0.3) is 0 Å². The molecule has 0 spiro atoms. The number of halogens is 1. The minimum atomic E-state index is 0.614. The lowest BCUT2D eigenvalue weighted by molar-refractivity contribution is 0.620. The lowest BCUT2D eigenvalue weighted by atomic mass is 10.4. The first-order valence-electron chi connectivity index (χ1n) is 4.42. The number of hydrogen-bond donors (Lipinski definition) is 1. The van der Waals surface area contributed by atoms with E-state index in [9.17, 15) is 0 Å². The Morgan fingerprint density at radius 1 is 1.47 bits per heavy atom. The molecule has 7 heteroatoms. The number of nitrogens with zero attached hydrogens (tertiary/aromatic N) is 4. The molecule has 0 amide bonds. The Morgan fingerprint density at radius 3 is 2.93 bits per heavy atom. The van der Waals surface area contributed by atoms with E-state index in [4.69, 9.17) is 11.6 Å². The van der Waals surface area contributed by atoms with Gasteiger partial charge in [0.15, 0.2) is 5.82 Å². The maximum absolute atomic E-state index is 5.81. The number of hydrogen-bond acceptors (Lipinski definition) is 5. The molecule has 0 aromatic carbocycles. The fourth-order valence-electron chi connectivity index (χ4n) is 1.14. The summed E-state index contributed by atoms with van der Waals surface area (Å²) in [6, 6.07) is 3.90. The molecule has 0 fully saturated rings. The van der Waals surface area contributed by atoms with Gasteiger partial charge in [0.2, 0.25) is 0 Å². The van der Waals surface area contributed by atoms with Gasteiger partial charge in [-0.15, -0.1) is 21.5 Å². The number of tetrazole rings is 1. The van der Waals surface area contributed by atoms with Crippen molar-refractivity contribution in [1.29, 1.82) is 0 Å². The highest BCUT2D eigenvalue weighted by atomic mass is 35.5. The Morgan fingerprint density at radius 2 is 2.33 bits per heavy atom. The lowest BCUT2D eigenvalue weighted by Gasteiger charge is -1.97. The van der Waals surface area contributed by atoms with Gasteiger partial charge in [-0.25, -0.2) is 0 Å². The van der Waals surface area contributed by atoms with Gasteiger partial charge < -0.3 is 5.32 Å². The molecule has 0 unspecified atom stereocenters. The normalized spacial score (nSPS) is 10.8. The van der Waals surface area contributed by atoms with Crippen LogP contribution in [0.4, 0.5) is 0 Å². The van der Waals surface area contributed by atoms with Gasteiger partial charge in [0.05, 0.1) is 17.9 Å². The van der Waals surface area contributed by atoms with Crippen molar-refractivity contribution in [1.82, 2.24) is 25.5 Å². The summed E-state index contributed by atoms with van der Waals surface area (Å²) in [5, 5.41) is 14.9. The van der Waals surface area contributed by atoms with Crippen LogP contribution in [0, 0.1) is 0 Å². The molecular formula is C8H10ClN5S. The van der Waals surface area contributed by atoms with Gasteiger partial charge in [-0.1, -0.05) is 11.6 Å². The predicted molar refractivity (Wildman–Crippen MR) is 58.7 cm³/mol. The van der Waals surface area contributed by atoms with Crippen molar-refractivity contribution in [2.75, 3.05) is 0 Å². The fraction of sp³-hybridized carbons (Fsp3) is 0.375. The fourth-order valence-corrected chi connectivity index (χ4v) is 2.20. The Kier molecular flexibility index (Phi) is 3.30. The molecule has 0 bridgehead atoms. The first kappa shape index (κ1) is 10.5. The Bertz CT molecular complexity index is 397. The first-order valence-corrected chi connectivity index (χ1v) is 5.61. The van der Waals surface area contributed by atoms with Crippen LogP contribution in [-0.2, 0) is 20.1 Å². The summed E-state index contributed by atoms with van der Waals surface area (Å²) in [7, 11) is 1.75.